The monoisotopic (exact) mass is 228 g/mol. The predicted octanol–water partition coefficient (Wildman–Crippen LogP) is 0.0538. The molecule has 1 unspecified atom stereocenters. The number of hydrogen-bond donors (Lipinski definition) is 2. The first-order valence-electron chi connectivity index (χ1n) is 5.78. The van der Waals surface area contributed by atoms with Crippen molar-refractivity contribution in [2.45, 2.75) is 32.8 Å². The summed E-state index contributed by atoms with van der Waals surface area (Å²) in [5.41, 5.74) is 0. The van der Waals surface area contributed by atoms with Crippen molar-refractivity contribution in [2.75, 3.05) is 19.7 Å². The van der Waals surface area contributed by atoms with Crippen molar-refractivity contribution in [3.8, 4) is 0 Å². The van der Waals surface area contributed by atoms with Crippen LogP contribution in [0.4, 0.5) is 0 Å². The summed E-state index contributed by atoms with van der Waals surface area (Å²) in [6.07, 6.45) is 1.45. The van der Waals surface area contributed by atoms with Crippen LogP contribution in [0.25, 0.3) is 0 Å². The van der Waals surface area contributed by atoms with Gasteiger partial charge >= 0.3 is 0 Å². The summed E-state index contributed by atoms with van der Waals surface area (Å²) in [6, 6.07) is 0. The van der Waals surface area contributed by atoms with Crippen LogP contribution in [-0.4, -0.2) is 37.6 Å². The summed E-state index contributed by atoms with van der Waals surface area (Å²) in [5, 5.41) is 5.47. The van der Waals surface area contributed by atoms with E-state index in [9.17, 15) is 9.59 Å². The van der Waals surface area contributed by atoms with Crippen molar-refractivity contribution in [3.63, 3.8) is 0 Å². The first-order chi connectivity index (χ1) is 7.61. The standard InChI is InChI=1S/C11H20N2O3/c1-8(2)10(14)12-5-6-13-11(15)9-4-3-7-16-9/h8-9H,3-7H2,1-2H3,(H,12,14)(H,13,15). The van der Waals surface area contributed by atoms with Gasteiger partial charge in [0.1, 0.15) is 6.10 Å². The first-order valence-corrected chi connectivity index (χ1v) is 5.78. The number of carbonyl (C=O) groups is 2. The molecule has 1 fully saturated rings. The lowest BCUT2D eigenvalue weighted by Crippen LogP contribution is -2.40. The molecule has 0 spiro atoms. The maximum Gasteiger partial charge on any atom is 0.249 e. The molecule has 2 amide bonds. The summed E-state index contributed by atoms with van der Waals surface area (Å²) in [7, 11) is 0. The Morgan fingerprint density at radius 2 is 2.00 bits per heavy atom. The lowest BCUT2D eigenvalue weighted by Gasteiger charge is -2.11. The molecule has 1 atom stereocenters. The zero-order valence-electron chi connectivity index (χ0n) is 9.91. The lowest BCUT2D eigenvalue weighted by molar-refractivity contribution is -0.130. The molecule has 0 saturated carbocycles. The zero-order chi connectivity index (χ0) is 12.0. The van der Waals surface area contributed by atoms with Gasteiger partial charge in [-0.15, -0.1) is 0 Å². The maximum absolute atomic E-state index is 11.5. The minimum Gasteiger partial charge on any atom is -0.368 e. The van der Waals surface area contributed by atoms with Crippen LogP contribution in [-0.2, 0) is 14.3 Å². The largest absolute Gasteiger partial charge is 0.368 e. The molecule has 0 aromatic rings. The number of amides is 2. The molecule has 1 heterocycles. The minimum absolute atomic E-state index is 0.00589. The molecular formula is C11H20N2O3. The molecule has 1 saturated heterocycles. The van der Waals surface area contributed by atoms with E-state index in [-0.39, 0.29) is 23.8 Å². The van der Waals surface area contributed by atoms with Gasteiger partial charge in [0.15, 0.2) is 0 Å². The number of ether oxygens (including phenoxy) is 1. The van der Waals surface area contributed by atoms with Crippen LogP contribution < -0.4 is 10.6 Å². The van der Waals surface area contributed by atoms with Crippen LogP contribution in [0.3, 0.4) is 0 Å². The molecule has 2 N–H and O–H groups in total. The van der Waals surface area contributed by atoms with Crippen LogP contribution in [0.15, 0.2) is 0 Å². The van der Waals surface area contributed by atoms with Crippen molar-refractivity contribution in [3.05, 3.63) is 0 Å². The molecule has 16 heavy (non-hydrogen) atoms. The first kappa shape index (κ1) is 13.0. The van der Waals surface area contributed by atoms with Gasteiger partial charge in [0.25, 0.3) is 0 Å². The van der Waals surface area contributed by atoms with Gasteiger partial charge in [-0.1, -0.05) is 13.8 Å². The molecule has 0 aliphatic carbocycles. The Balaban J connectivity index is 2.06. The highest BCUT2D eigenvalue weighted by Gasteiger charge is 2.22. The summed E-state index contributed by atoms with van der Waals surface area (Å²) in [4.78, 5) is 22.7. The highest BCUT2D eigenvalue weighted by molar-refractivity contribution is 5.81. The molecule has 92 valence electrons. The molecule has 0 aromatic carbocycles. The van der Waals surface area contributed by atoms with E-state index >= 15 is 0 Å². The Morgan fingerprint density at radius 3 is 2.56 bits per heavy atom. The number of nitrogens with one attached hydrogen (secondary N) is 2. The third-order valence-electron chi connectivity index (χ3n) is 2.47. The summed E-state index contributed by atoms with van der Waals surface area (Å²) >= 11 is 0. The fourth-order valence-electron chi connectivity index (χ4n) is 1.47. The second-order valence-corrected chi connectivity index (χ2v) is 4.24. The fraction of sp³-hybridized carbons (Fsp3) is 0.818. The van der Waals surface area contributed by atoms with E-state index < -0.39 is 0 Å². The molecule has 0 radical (unpaired) electrons. The lowest BCUT2D eigenvalue weighted by atomic mass is 10.2. The molecule has 1 aliphatic rings. The van der Waals surface area contributed by atoms with Gasteiger partial charge < -0.3 is 15.4 Å². The van der Waals surface area contributed by atoms with Crippen molar-refractivity contribution in [1.29, 1.82) is 0 Å². The van der Waals surface area contributed by atoms with Gasteiger partial charge in [-0.25, -0.2) is 0 Å². The van der Waals surface area contributed by atoms with Gasteiger partial charge in [-0.3, -0.25) is 9.59 Å². The van der Waals surface area contributed by atoms with Crippen LogP contribution in [0.1, 0.15) is 26.7 Å². The second kappa shape index (κ2) is 6.48. The fourth-order valence-corrected chi connectivity index (χ4v) is 1.47. The molecule has 1 rings (SSSR count). The SMILES string of the molecule is CC(C)C(=O)NCCNC(=O)C1CCCO1. The van der Waals surface area contributed by atoms with E-state index in [1.807, 2.05) is 13.8 Å². The quantitative estimate of drug-likeness (QED) is 0.654. The highest BCUT2D eigenvalue weighted by atomic mass is 16.5. The average Bonchev–Trinajstić information content (AvgIpc) is 2.76. The van der Waals surface area contributed by atoms with Crippen molar-refractivity contribution >= 4 is 11.8 Å². The summed E-state index contributed by atoms with van der Waals surface area (Å²) < 4.78 is 5.23. The molecule has 0 aromatic heterocycles. The van der Waals surface area contributed by atoms with E-state index in [0.717, 1.165) is 12.8 Å². The third-order valence-corrected chi connectivity index (χ3v) is 2.47. The average molecular weight is 228 g/mol. The van der Waals surface area contributed by atoms with Crippen molar-refractivity contribution in [1.82, 2.24) is 10.6 Å². The topological polar surface area (TPSA) is 67.4 Å². The highest BCUT2D eigenvalue weighted by Crippen LogP contribution is 2.11. The van der Waals surface area contributed by atoms with Crippen LogP contribution in [0.5, 0.6) is 0 Å². The van der Waals surface area contributed by atoms with Gasteiger partial charge in [-0.2, -0.15) is 0 Å². The van der Waals surface area contributed by atoms with Crippen LogP contribution in [0, 0.1) is 5.92 Å². The van der Waals surface area contributed by atoms with E-state index in [4.69, 9.17) is 4.74 Å². The van der Waals surface area contributed by atoms with Crippen LogP contribution >= 0.6 is 0 Å². The van der Waals surface area contributed by atoms with E-state index in [1.165, 1.54) is 0 Å². The van der Waals surface area contributed by atoms with E-state index in [0.29, 0.717) is 19.7 Å². The molecule has 5 heteroatoms. The van der Waals surface area contributed by atoms with Gasteiger partial charge in [0, 0.05) is 25.6 Å². The van der Waals surface area contributed by atoms with E-state index in [2.05, 4.69) is 10.6 Å². The molecular weight excluding hydrogens is 208 g/mol. The maximum atomic E-state index is 11.5. The Bertz CT molecular complexity index is 248. The Labute approximate surface area is 95.9 Å². The molecule has 0 bridgehead atoms. The van der Waals surface area contributed by atoms with Crippen molar-refractivity contribution in [2.24, 2.45) is 5.92 Å². The number of carbonyl (C=O) groups excluding carboxylic acids is 2. The molecule has 1 aliphatic heterocycles. The van der Waals surface area contributed by atoms with Crippen molar-refractivity contribution < 1.29 is 14.3 Å². The Hall–Kier alpha value is -1.10. The predicted molar refractivity (Wildman–Crippen MR) is 59.8 cm³/mol. The number of hydrogen-bond acceptors (Lipinski definition) is 3. The van der Waals surface area contributed by atoms with Gasteiger partial charge in [-0.05, 0) is 12.8 Å². The third kappa shape index (κ3) is 4.18. The smallest absolute Gasteiger partial charge is 0.249 e. The summed E-state index contributed by atoms with van der Waals surface area (Å²) in [5.74, 6) is -0.0865. The summed E-state index contributed by atoms with van der Waals surface area (Å²) in [6.45, 7) is 5.26. The minimum atomic E-state index is -0.291. The van der Waals surface area contributed by atoms with E-state index in [1.54, 1.807) is 0 Å². The van der Waals surface area contributed by atoms with Gasteiger partial charge in [0.2, 0.25) is 11.8 Å². The molecule has 5 nitrogen and oxygen atoms in total. The zero-order valence-corrected chi connectivity index (χ0v) is 9.91. The second-order valence-electron chi connectivity index (χ2n) is 4.24. The van der Waals surface area contributed by atoms with Gasteiger partial charge in [0.05, 0.1) is 0 Å². The number of rotatable bonds is 5. The van der Waals surface area contributed by atoms with Crippen LogP contribution in [0.2, 0.25) is 0 Å². The Kier molecular flexibility index (Phi) is 5.25. The normalized spacial score (nSPS) is 19.8. The Morgan fingerprint density at radius 1 is 1.31 bits per heavy atom.